The second-order valence-electron chi connectivity index (χ2n) is 9.49. The summed E-state index contributed by atoms with van der Waals surface area (Å²) < 4.78 is 15.9. The molecule has 0 aromatic heterocycles. The normalized spacial score (nSPS) is 19.5. The van der Waals surface area contributed by atoms with E-state index in [9.17, 15) is 9.90 Å². The molecule has 0 radical (unpaired) electrons. The topological polar surface area (TPSA) is 65.0 Å². The molecular weight excluding hydrogens is 404 g/mol. The number of carbonyl (C=O) groups is 1. The highest BCUT2D eigenvalue weighted by atomic mass is 16.7. The third-order valence-electron chi connectivity index (χ3n) is 6.72. The van der Waals surface area contributed by atoms with Crippen molar-refractivity contribution in [1.29, 1.82) is 0 Å². The fraction of sp³-hybridized carbons (Fsp3) is 0.741. The lowest BCUT2D eigenvalue weighted by molar-refractivity contribution is -0.147. The van der Waals surface area contributed by atoms with E-state index in [2.05, 4.69) is 12.1 Å². The van der Waals surface area contributed by atoms with E-state index in [1.54, 1.807) is 0 Å². The van der Waals surface area contributed by atoms with Crippen molar-refractivity contribution in [3.8, 4) is 11.5 Å². The average Bonchev–Trinajstić information content (AvgIpc) is 3.38. The van der Waals surface area contributed by atoms with Crippen molar-refractivity contribution in [2.24, 2.45) is 0 Å². The van der Waals surface area contributed by atoms with Gasteiger partial charge in [0.2, 0.25) is 6.79 Å². The quantitative estimate of drug-likeness (QED) is 0.219. The van der Waals surface area contributed by atoms with Gasteiger partial charge < -0.3 is 19.3 Å². The molecule has 1 saturated heterocycles. The first kappa shape index (κ1) is 24.9. The maximum atomic E-state index is 11.1. The number of cyclic esters (lactones) is 1. The van der Waals surface area contributed by atoms with Gasteiger partial charge in [0.25, 0.3) is 0 Å². The van der Waals surface area contributed by atoms with Gasteiger partial charge in [-0.15, -0.1) is 0 Å². The molecule has 5 nitrogen and oxygen atoms in total. The van der Waals surface area contributed by atoms with Crippen LogP contribution in [-0.2, 0) is 16.0 Å². The van der Waals surface area contributed by atoms with Gasteiger partial charge in [-0.05, 0) is 43.4 Å². The van der Waals surface area contributed by atoms with Crippen LogP contribution in [-0.4, -0.2) is 30.1 Å². The Bertz CT molecular complexity index is 674. The number of hydrogen-bond donors (Lipinski definition) is 1. The van der Waals surface area contributed by atoms with E-state index < -0.39 is 12.1 Å². The summed E-state index contributed by atoms with van der Waals surface area (Å²) >= 11 is 0. The minimum atomic E-state index is -0.882. The van der Waals surface area contributed by atoms with E-state index in [-0.39, 0.29) is 6.10 Å². The Kier molecular flexibility index (Phi) is 11.2. The number of unbranched alkanes of at least 4 members (excludes halogenated alkanes) is 13. The highest BCUT2D eigenvalue weighted by Crippen LogP contribution is 2.33. The molecule has 180 valence electrons. The summed E-state index contributed by atoms with van der Waals surface area (Å²) in [5.74, 6) is 1.34. The summed E-state index contributed by atoms with van der Waals surface area (Å²) in [7, 11) is 0. The largest absolute Gasteiger partial charge is 0.460 e. The van der Waals surface area contributed by atoms with E-state index in [0.717, 1.165) is 30.8 Å². The van der Waals surface area contributed by atoms with Crippen molar-refractivity contribution < 1.29 is 24.1 Å². The van der Waals surface area contributed by atoms with E-state index in [1.807, 2.05) is 6.07 Å². The first-order valence-corrected chi connectivity index (χ1v) is 13.0. The highest BCUT2D eigenvalue weighted by molar-refractivity contribution is 5.76. The van der Waals surface area contributed by atoms with Crippen LogP contribution in [0.5, 0.6) is 11.5 Å². The predicted octanol–water partition coefficient (Wildman–Crippen LogP) is 6.49. The van der Waals surface area contributed by atoms with Crippen molar-refractivity contribution >= 4 is 5.97 Å². The summed E-state index contributed by atoms with van der Waals surface area (Å²) in [5.41, 5.74) is 1.36. The Labute approximate surface area is 193 Å². The van der Waals surface area contributed by atoms with Crippen LogP contribution in [0.2, 0.25) is 0 Å². The first-order chi connectivity index (χ1) is 15.7. The molecule has 0 saturated carbocycles. The number of fused-ring (bicyclic) bond motifs is 1. The van der Waals surface area contributed by atoms with Crippen molar-refractivity contribution in [2.45, 2.75) is 121 Å². The zero-order valence-electron chi connectivity index (χ0n) is 19.7. The summed E-state index contributed by atoms with van der Waals surface area (Å²) in [6.45, 7) is 0.354. The average molecular weight is 447 g/mol. The highest BCUT2D eigenvalue weighted by Gasteiger charge is 2.31. The summed E-state index contributed by atoms with van der Waals surface area (Å²) in [4.78, 5) is 11.1. The molecule has 1 aromatic carbocycles. The third kappa shape index (κ3) is 9.01. The van der Waals surface area contributed by atoms with E-state index in [4.69, 9.17) is 14.2 Å². The molecule has 2 aliphatic rings. The SMILES string of the molecule is O=C1O[C@H](CCCCCCCCCCCCCCCCc2ccc3c(c2)OCO3)C[C@H]1O. The second kappa shape index (κ2) is 14.4. The molecule has 5 heteroatoms. The number of aliphatic hydroxyl groups excluding tert-OH is 1. The van der Waals surface area contributed by atoms with Crippen molar-refractivity contribution in [3.05, 3.63) is 23.8 Å². The van der Waals surface area contributed by atoms with Crippen LogP contribution in [0, 0.1) is 0 Å². The first-order valence-electron chi connectivity index (χ1n) is 13.0. The fourth-order valence-electron chi connectivity index (χ4n) is 4.73. The molecule has 2 heterocycles. The van der Waals surface area contributed by atoms with Crippen LogP contribution >= 0.6 is 0 Å². The molecule has 0 bridgehead atoms. The zero-order valence-corrected chi connectivity index (χ0v) is 19.7. The maximum Gasteiger partial charge on any atom is 0.335 e. The standard InChI is InChI=1S/C27H42O5/c28-24-20-23(32-27(24)29)16-14-12-10-8-6-4-2-1-3-5-7-9-11-13-15-22-17-18-25-26(19-22)31-21-30-25/h17-19,23-24,28H,1-16,20-21H2/t23-,24-/m1/s1. The molecule has 2 atom stereocenters. The maximum absolute atomic E-state index is 11.1. The van der Waals surface area contributed by atoms with Crippen LogP contribution in [0.15, 0.2) is 18.2 Å². The number of rotatable bonds is 17. The lowest BCUT2D eigenvalue weighted by Gasteiger charge is -2.08. The molecule has 32 heavy (non-hydrogen) atoms. The van der Waals surface area contributed by atoms with Gasteiger partial charge in [0.15, 0.2) is 17.6 Å². The fourth-order valence-corrected chi connectivity index (χ4v) is 4.73. The van der Waals surface area contributed by atoms with Gasteiger partial charge in [-0.25, -0.2) is 4.79 Å². The lowest BCUT2D eigenvalue weighted by Crippen LogP contribution is -2.11. The van der Waals surface area contributed by atoms with Gasteiger partial charge in [-0.3, -0.25) is 0 Å². The Morgan fingerprint density at radius 2 is 1.31 bits per heavy atom. The van der Waals surface area contributed by atoms with E-state index in [0.29, 0.717) is 13.2 Å². The van der Waals surface area contributed by atoms with E-state index >= 15 is 0 Å². The number of aliphatic hydroxyl groups is 1. The third-order valence-corrected chi connectivity index (χ3v) is 6.72. The lowest BCUT2D eigenvalue weighted by atomic mass is 10.0. The number of carbonyl (C=O) groups excluding carboxylic acids is 1. The van der Waals surface area contributed by atoms with Crippen molar-refractivity contribution in [2.75, 3.05) is 6.79 Å². The Morgan fingerprint density at radius 3 is 1.91 bits per heavy atom. The number of hydrogen-bond acceptors (Lipinski definition) is 5. The minimum absolute atomic E-state index is 0.0486. The Hall–Kier alpha value is -1.75. The second-order valence-corrected chi connectivity index (χ2v) is 9.49. The summed E-state index contributed by atoms with van der Waals surface area (Å²) in [6, 6.07) is 6.32. The molecule has 3 rings (SSSR count). The van der Waals surface area contributed by atoms with Gasteiger partial charge in [0, 0.05) is 6.42 Å². The van der Waals surface area contributed by atoms with Crippen LogP contribution in [0.25, 0.3) is 0 Å². The summed E-state index contributed by atoms with van der Waals surface area (Å²) in [5, 5.41) is 9.38. The smallest absolute Gasteiger partial charge is 0.335 e. The zero-order chi connectivity index (χ0) is 22.4. The Balaban J connectivity index is 1.02. The number of esters is 1. The molecule has 0 unspecified atom stereocenters. The number of benzene rings is 1. The molecular formula is C27H42O5. The molecule has 2 aliphatic heterocycles. The molecule has 0 amide bonds. The molecule has 0 aliphatic carbocycles. The molecule has 1 fully saturated rings. The number of aryl methyl sites for hydroxylation is 1. The predicted molar refractivity (Wildman–Crippen MR) is 126 cm³/mol. The summed E-state index contributed by atoms with van der Waals surface area (Å²) in [6.07, 6.45) is 20.0. The van der Waals surface area contributed by atoms with Crippen LogP contribution < -0.4 is 9.47 Å². The van der Waals surface area contributed by atoms with Gasteiger partial charge in [-0.1, -0.05) is 83.1 Å². The molecule has 1 aromatic rings. The van der Waals surface area contributed by atoms with Crippen LogP contribution in [0.4, 0.5) is 0 Å². The minimum Gasteiger partial charge on any atom is -0.460 e. The molecule has 0 spiro atoms. The molecule has 1 N–H and O–H groups in total. The van der Waals surface area contributed by atoms with Gasteiger partial charge in [0.1, 0.15) is 6.10 Å². The van der Waals surface area contributed by atoms with Crippen molar-refractivity contribution in [3.63, 3.8) is 0 Å². The Morgan fingerprint density at radius 1 is 0.750 bits per heavy atom. The van der Waals surface area contributed by atoms with Crippen LogP contribution in [0.3, 0.4) is 0 Å². The van der Waals surface area contributed by atoms with Gasteiger partial charge >= 0.3 is 5.97 Å². The van der Waals surface area contributed by atoms with Crippen molar-refractivity contribution in [1.82, 2.24) is 0 Å². The monoisotopic (exact) mass is 446 g/mol. The van der Waals surface area contributed by atoms with Gasteiger partial charge in [0.05, 0.1) is 0 Å². The van der Waals surface area contributed by atoms with E-state index in [1.165, 1.54) is 89.0 Å². The van der Waals surface area contributed by atoms with Gasteiger partial charge in [-0.2, -0.15) is 0 Å². The van der Waals surface area contributed by atoms with Crippen LogP contribution in [0.1, 0.15) is 108 Å². The number of ether oxygens (including phenoxy) is 3.